The average molecular weight is 529 g/mol. The summed E-state index contributed by atoms with van der Waals surface area (Å²) in [6.07, 6.45) is 16.8. The van der Waals surface area contributed by atoms with Gasteiger partial charge in [-0.2, -0.15) is 0 Å². The molecular weight excluding hydrogens is 496 g/mol. The lowest BCUT2D eigenvalue weighted by atomic mass is 9.99. The summed E-state index contributed by atoms with van der Waals surface area (Å²) >= 11 is 0. The van der Waals surface area contributed by atoms with E-state index in [-0.39, 0.29) is 0 Å². The van der Waals surface area contributed by atoms with Crippen LogP contribution >= 0.6 is 0 Å². The highest BCUT2D eigenvalue weighted by Crippen LogP contribution is 2.28. The molecule has 0 amide bonds. The first-order chi connectivity index (χ1) is 19.8. The minimum Gasteiger partial charge on any atom is -0.337 e. The first-order valence-electron chi connectivity index (χ1n) is 14.3. The van der Waals surface area contributed by atoms with E-state index in [0.717, 1.165) is 89.2 Å². The molecule has 7 rings (SSSR count). The molecular formula is C32H32N8. The van der Waals surface area contributed by atoms with Crippen molar-refractivity contribution in [1.82, 2.24) is 35.2 Å². The molecule has 1 fully saturated rings. The van der Waals surface area contributed by atoms with E-state index < -0.39 is 0 Å². The van der Waals surface area contributed by atoms with Crippen molar-refractivity contribution >= 4 is 16.7 Å². The van der Waals surface area contributed by atoms with Crippen LogP contribution in [0.3, 0.4) is 0 Å². The van der Waals surface area contributed by atoms with Gasteiger partial charge in [0, 0.05) is 55.2 Å². The number of H-pyrrole nitrogens is 1. The number of hydrogen-bond acceptors (Lipinski definition) is 7. The van der Waals surface area contributed by atoms with Crippen molar-refractivity contribution in [3.8, 4) is 22.6 Å². The van der Waals surface area contributed by atoms with Gasteiger partial charge in [-0.1, -0.05) is 18.9 Å². The SMILES string of the molecule is c1ccc(-c2nccc3[nH]c(C4=NCCCc5cnc(-c6cncc(CNCC7CCCC7)c6)cc54)nc23)nc1. The van der Waals surface area contributed by atoms with E-state index in [4.69, 9.17) is 15.0 Å². The van der Waals surface area contributed by atoms with Crippen LogP contribution in [0.25, 0.3) is 33.7 Å². The van der Waals surface area contributed by atoms with Gasteiger partial charge in [-0.3, -0.25) is 24.9 Å². The van der Waals surface area contributed by atoms with Crippen LogP contribution in [-0.2, 0) is 13.0 Å². The normalized spacial score (nSPS) is 15.7. The lowest BCUT2D eigenvalue weighted by Crippen LogP contribution is -2.20. The average Bonchev–Trinajstić information content (AvgIpc) is 3.63. The van der Waals surface area contributed by atoms with E-state index in [1.165, 1.54) is 36.8 Å². The topological polar surface area (TPSA) is 105 Å². The molecule has 5 aromatic heterocycles. The fourth-order valence-corrected chi connectivity index (χ4v) is 5.91. The third-order valence-corrected chi connectivity index (χ3v) is 7.98. The van der Waals surface area contributed by atoms with Crippen molar-refractivity contribution in [2.24, 2.45) is 10.9 Å². The van der Waals surface area contributed by atoms with E-state index in [9.17, 15) is 0 Å². The molecule has 2 N–H and O–H groups in total. The van der Waals surface area contributed by atoms with Crippen LogP contribution < -0.4 is 5.32 Å². The number of hydrogen-bond donors (Lipinski definition) is 2. The Balaban J connectivity index is 1.21. The Bertz CT molecular complexity index is 1670. The molecule has 8 heteroatoms. The Morgan fingerprint density at radius 3 is 2.75 bits per heavy atom. The van der Waals surface area contributed by atoms with E-state index in [2.05, 4.69) is 37.4 Å². The van der Waals surface area contributed by atoms with Gasteiger partial charge in [-0.05, 0) is 79.6 Å². The molecule has 0 radical (unpaired) electrons. The number of nitrogens with one attached hydrogen (secondary N) is 2. The highest BCUT2D eigenvalue weighted by molar-refractivity contribution is 6.13. The van der Waals surface area contributed by atoms with Crippen molar-refractivity contribution in [3.05, 3.63) is 89.9 Å². The van der Waals surface area contributed by atoms with Gasteiger partial charge < -0.3 is 10.3 Å². The van der Waals surface area contributed by atoms with Crippen LogP contribution in [0.4, 0.5) is 0 Å². The van der Waals surface area contributed by atoms with Crippen LogP contribution in [0.2, 0.25) is 0 Å². The molecule has 200 valence electrons. The maximum atomic E-state index is 5.01. The van der Waals surface area contributed by atoms with E-state index in [1.807, 2.05) is 42.9 Å². The van der Waals surface area contributed by atoms with Gasteiger partial charge in [0.05, 0.1) is 16.9 Å². The summed E-state index contributed by atoms with van der Waals surface area (Å²) in [5, 5.41) is 3.64. The summed E-state index contributed by atoms with van der Waals surface area (Å²) in [4.78, 5) is 32.0. The smallest absolute Gasteiger partial charge is 0.157 e. The predicted octanol–water partition coefficient (Wildman–Crippen LogP) is 5.54. The Morgan fingerprint density at radius 2 is 1.85 bits per heavy atom. The number of aromatic nitrogens is 6. The summed E-state index contributed by atoms with van der Waals surface area (Å²) in [5.74, 6) is 1.55. The van der Waals surface area contributed by atoms with Gasteiger partial charge in [0.25, 0.3) is 0 Å². The molecule has 0 atom stereocenters. The highest BCUT2D eigenvalue weighted by Gasteiger charge is 2.21. The van der Waals surface area contributed by atoms with E-state index in [0.29, 0.717) is 0 Å². The van der Waals surface area contributed by atoms with Crippen molar-refractivity contribution < 1.29 is 0 Å². The van der Waals surface area contributed by atoms with Crippen LogP contribution in [0.15, 0.2) is 72.4 Å². The number of aromatic amines is 1. The minimum atomic E-state index is 0.739. The molecule has 8 nitrogen and oxygen atoms in total. The lowest BCUT2D eigenvalue weighted by molar-refractivity contribution is 0.489. The van der Waals surface area contributed by atoms with E-state index >= 15 is 0 Å². The fourth-order valence-electron chi connectivity index (χ4n) is 5.91. The third-order valence-electron chi connectivity index (χ3n) is 7.98. The molecule has 0 aromatic carbocycles. The predicted molar refractivity (Wildman–Crippen MR) is 157 cm³/mol. The molecule has 5 aromatic rings. The van der Waals surface area contributed by atoms with Crippen molar-refractivity contribution in [2.75, 3.05) is 13.1 Å². The number of nitrogens with zero attached hydrogens (tertiary/aromatic N) is 6. The quantitative estimate of drug-likeness (QED) is 0.287. The van der Waals surface area contributed by atoms with Crippen molar-refractivity contribution in [2.45, 2.75) is 45.1 Å². The van der Waals surface area contributed by atoms with Crippen molar-refractivity contribution in [1.29, 1.82) is 0 Å². The monoisotopic (exact) mass is 528 g/mol. The Kier molecular flexibility index (Phi) is 6.83. The van der Waals surface area contributed by atoms with Gasteiger partial charge in [0.15, 0.2) is 5.82 Å². The molecule has 0 unspecified atom stereocenters. The Hall–Kier alpha value is -4.30. The largest absolute Gasteiger partial charge is 0.337 e. The minimum absolute atomic E-state index is 0.739. The Morgan fingerprint density at radius 1 is 0.900 bits per heavy atom. The molecule has 0 saturated heterocycles. The second kappa shape index (κ2) is 11.1. The first-order valence-corrected chi connectivity index (χ1v) is 14.3. The maximum absolute atomic E-state index is 5.01. The summed E-state index contributed by atoms with van der Waals surface area (Å²) < 4.78 is 0. The van der Waals surface area contributed by atoms with Crippen LogP contribution in [0.1, 0.15) is 54.6 Å². The first kappa shape index (κ1) is 24.7. The van der Waals surface area contributed by atoms with Gasteiger partial charge in [-0.25, -0.2) is 4.98 Å². The molecule has 0 bridgehead atoms. The fraction of sp³-hybridized carbons (Fsp3) is 0.312. The van der Waals surface area contributed by atoms with Gasteiger partial charge in [0.2, 0.25) is 0 Å². The van der Waals surface area contributed by atoms with E-state index in [1.54, 1.807) is 12.4 Å². The van der Waals surface area contributed by atoms with Crippen LogP contribution in [0, 0.1) is 5.92 Å². The zero-order valence-electron chi connectivity index (χ0n) is 22.5. The molecule has 40 heavy (non-hydrogen) atoms. The molecule has 1 aliphatic carbocycles. The molecule has 1 saturated carbocycles. The lowest BCUT2D eigenvalue weighted by Gasteiger charge is -2.12. The second-order valence-corrected chi connectivity index (χ2v) is 10.8. The number of fused-ring (bicyclic) bond motifs is 2. The standard InChI is InChI=1S/C32H32N8/c1-2-7-21(6-1)16-33-17-22-14-24(19-34-18-22)28-15-25-23(20-38-28)8-5-12-36-29(25)32-39-27-10-13-37-30(31(27)40-32)26-9-3-4-11-35-26/h3-4,9-11,13-15,18-21,33H,1-2,5-8,12,16-17H2,(H,39,40). The summed E-state index contributed by atoms with van der Waals surface area (Å²) in [6, 6.07) is 12.1. The van der Waals surface area contributed by atoms with Crippen LogP contribution in [-0.4, -0.2) is 48.7 Å². The highest BCUT2D eigenvalue weighted by atomic mass is 15.0. The third kappa shape index (κ3) is 5.02. The zero-order chi connectivity index (χ0) is 26.7. The van der Waals surface area contributed by atoms with Gasteiger partial charge >= 0.3 is 0 Å². The van der Waals surface area contributed by atoms with Gasteiger partial charge in [0.1, 0.15) is 16.9 Å². The van der Waals surface area contributed by atoms with Crippen LogP contribution in [0.5, 0.6) is 0 Å². The summed E-state index contributed by atoms with van der Waals surface area (Å²) in [6.45, 7) is 2.64. The number of imidazole rings is 1. The second-order valence-electron chi connectivity index (χ2n) is 10.8. The van der Waals surface area contributed by atoms with Gasteiger partial charge in [-0.15, -0.1) is 0 Å². The maximum Gasteiger partial charge on any atom is 0.157 e. The molecule has 0 spiro atoms. The Labute approximate surface area is 233 Å². The summed E-state index contributed by atoms with van der Waals surface area (Å²) in [7, 11) is 0. The number of rotatable bonds is 7. The zero-order valence-corrected chi connectivity index (χ0v) is 22.5. The number of pyridine rings is 4. The number of aryl methyl sites for hydroxylation is 1. The number of aliphatic imine (C=N–C) groups is 1. The molecule has 2 aliphatic rings. The molecule has 1 aliphatic heterocycles. The van der Waals surface area contributed by atoms with Crippen molar-refractivity contribution in [3.63, 3.8) is 0 Å². The summed E-state index contributed by atoms with van der Waals surface area (Å²) in [5.41, 5.74) is 9.46. The molecule has 6 heterocycles.